The minimum Gasteiger partial charge on any atom is -0.342 e. The summed E-state index contributed by atoms with van der Waals surface area (Å²) in [6.45, 7) is 3.21. The van der Waals surface area contributed by atoms with Gasteiger partial charge in [0.2, 0.25) is 5.91 Å². The molecule has 2 aromatic rings. The lowest BCUT2D eigenvalue weighted by Crippen LogP contribution is -2.41. The van der Waals surface area contributed by atoms with Gasteiger partial charge in [0, 0.05) is 24.0 Å². The summed E-state index contributed by atoms with van der Waals surface area (Å²) in [5.74, 6) is -0.203. The van der Waals surface area contributed by atoms with Gasteiger partial charge in [-0.3, -0.25) is 4.79 Å². The van der Waals surface area contributed by atoms with Crippen LogP contribution < -0.4 is 0 Å². The fraction of sp³-hybridized carbons (Fsp3) is 0.579. The average molecular weight is 429 g/mol. The summed E-state index contributed by atoms with van der Waals surface area (Å²) >= 11 is 7.71. The first-order valence-electron chi connectivity index (χ1n) is 9.42. The molecule has 1 aliphatic rings. The Morgan fingerprint density at radius 1 is 1.30 bits per heavy atom. The molecule has 1 aliphatic heterocycles. The number of hydrogen-bond acceptors (Lipinski definition) is 5. The quantitative estimate of drug-likeness (QED) is 0.618. The van der Waals surface area contributed by atoms with E-state index in [2.05, 4.69) is 0 Å². The molecule has 1 aromatic heterocycles. The summed E-state index contributed by atoms with van der Waals surface area (Å²) in [5, 5.41) is 1.76. The molecule has 5 nitrogen and oxygen atoms in total. The second-order valence-electron chi connectivity index (χ2n) is 7.12. The minimum atomic E-state index is -3.30. The second-order valence-corrected chi connectivity index (χ2v) is 10.8. The Morgan fingerprint density at radius 2 is 2.04 bits per heavy atom. The Morgan fingerprint density at radius 3 is 2.74 bits per heavy atom. The first kappa shape index (κ1) is 20.6. The van der Waals surface area contributed by atoms with E-state index in [9.17, 15) is 13.2 Å². The van der Waals surface area contributed by atoms with E-state index in [-0.39, 0.29) is 17.4 Å². The molecule has 0 spiro atoms. The van der Waals surface area contributed by atoms with Gasteiger partial charge in [-0.15, -0.1) is 11.3 Å². The lowest BCUT2D eigenvalue weighted by molar-refractivity contribution is -0.129. The van der Waals surface area contributed by atoms with E-state index in [1.54, 1.807) is 16.2 Å². The number of piperidine rings is 1. The molecule has 0 saturated carbocycles. The number of carbonyl (C=O) groups excluding carboxylic acids is 1. The Balaban J connectivity index is 1.55. The Hall–Kier alpha value is -1.18. The van der Waals surface area contributed by atoms with Crippen LogP contribution in [0.5, 0.6) is 0 Å². The van der Waals surface area contributed by atoms with E-state index in [4.69, 9.17) is 16.6 Å². The normalized spacial score (nSPS) is 16.1. The summed E-state index contributed by atoms with van der Waals surface area (Å²) in [5.41, 5.74) is 0.916. The molecular weight excluding hydrogens is 404 g/mol. The molecule has 1 fully saturated rings. The number of thiazole rings is 1. The van der Waals surface area contributed by atoms with Crippen LogP contribution in [-0.4, -0.2) is 48.8 Å². The van der Waals surface area contributed by atoms with Crippen molar-refractivity contribution in [3.63, 3.8) is 0 Å². The van der Waals surface area contributed by atoms with Crippen molar-refractivity contribution in [2.24, 2.45) is 0 Å². The zero-order valence-electron chi connectivity index (χ0n) is 15.5. The van der Waals surface area contributed by atoms with Crippen LogP contribution in [-0.2, 0) is 14.6 Å². The number of rotatable bonds is 7. The van der Waals surface area contributed by atoms with Crippen molar-refractivity contribution in [3.05, 3.63) is 28.2 Å². The van der Waals surface area contributed by atoms with Crippen molar-refractivity contribution in [2.75, 3.05) is 24.6 Å². The molecule has 27 heavy (non-hydrogen) atoms. The van der Waals surface area contributed by atoms with E-state index in [1.165, 1.54) is 0 Å². The van der Waals surface area contributed by atoms with Gasteiger partial charge in [0.25, 0.3) is 0 Å². The highest BCUT2D eigenvalue weighted by atomic mass is 35.5. The topological polar surface area (TPSA) is 67.3 Å². The van der Waals surface area contributed by atoms with Crippen LogP contribution in [0.3, 0.4) is 0 Å². The SMILES string of the molecule is CCCCCS(=O)(=O)CC(=O)N1CCC(c2nc3cc(Cl)ccc3s2)CC1. The van der Waals surface area contributed by atoms with Crippen LogP contribution in [0.1, 0.15) is 50.0 Å². The van der Waals surface area contributed by atoms with E-state index in [0.29, 0.717) is 30.5 Å². The summed E-state index contributed by atoms with van der Waals surface area (Å²) in [4.78, 5) is 18.8. The van der Waals surface area contributed by atoms with E-state index in [0.717, 1.165) is 40.9 Å². The Bertz CT molecular complexity index is 903. The number of carbonyl (C=O) groups is 1. The molecule has 0 unspecified atom stereocenters. The number of hydrogen-bond donors (Lipinski definition) is 0. The fourth-order valence-corrected chi connectivity index (χ4v) is 6.02. The van der Waals surface area contributed by atoms with Crippen molar-refractivity contribution in [3.8, 4) is 0 Å². The first-order chi connectivity index (χ1) is 12.9. The van der Waals surface area contributed by atoms with Gasteiger partial charge >= 0.3 is 0 Å². The van der Waals surface area contributed by atoms with E-state index in [1.807, 2.05) is 25.1 Å². The van der Waals surface area contributed by atoms with Gasteiger partial charge < -0.3 is 4.90 Å². The van der Waals surface area contributed by atoms with Gasteiger partial charge in [-0.1, -0.05) is 31.4 Å². The third-order valence-corrected chi connectivity index (χ3v) is 8.00. The maximum atomic E-state index is 12.4. The molecule has 8 heteroatoms. The highest BCUT2D eigenvalue weighted by Gasteiger charge is 2.28. The van der Waals surface area contributed by atoms with Crippen molar-refractivity contribution in [2.45, 2.75) is 44.9 Å². The van der Waals surface area contributed by atoms with Crippen LogP contribution in [0.4, 0.5) is 0 Å². The van der Waals surface area contributed by atoms with Gasteiger partial charge in [-0.25, -0.2) is 13.4 Å². The summed E-state index contributed by atoms with van der Waals surface area (Å²) in [7, 11) is -3.30. The zero-order valence-corrected chi connectivity index (χ0v) is 17.9. The van der Waals surface area contributed by atoms with E-state index < -0.39 is 9.84 Å². The number of likely N-dealkylation sites (tertiary alicyclic amines) is 1. The summed E-state index contributed by atoms with van der Waals surface area (Å²) in [6, 6.07) is 5.73. The number of fused-ring (bicyclic) bond motifs is 1. The standard InChI is InChI=1S/C19H25ClN2O3S2/c1-2-3-4-11-27(24,25)13-18(23)22-9-7-14(8-10-22)19-21-16-12-15(20)5-6-17(16)26-19/h5-6,12,14H,2-4,7-11,13H2,1H3. The zero-order chi connectivity index (χ0) is 19.4. The molecular formula is C19H25ClN2O3S2. The number of halogens is 1. The second kappa shape index (κ2) is 8.88. The number of sulfone groups is 1. The van der Waals surface area contributed by atoms with E-state index >= 15 is 0 Å². The molecule has 3 rings (SSSR count). The first-order valence-corrected chi connectivity index (χ1v) is 12.4. The van der Waals surface area contributed by atoms with Crippen LogP contribution in [0.2, 0.25) is 5.02 Å². The van der Waals surface area contributed by atoms with Crippen molar-refractivity contribution < 1.29 is 13.2 Å². The van der Waals surface area contributed by atoms with Gasteiger partial charge in [0.1, 0.15) is 5.75 Å². The van der Waals surface area contributed by atoms with Crippen molar-refractivity contribution in [1.82, 2.24) is 9.88 Å². The molecule has 0 atom stereocenters. The van der Waals surface area contributed by atoms with Crippen LogP contribution in [0.25, 0.3) is 10.2 Å². The van der Waals surface area contributed by atoms with Crippen LogP contribution >= 0.6 is 22.9 Å². The third kappa shape index (κ3) is 5.42. The lowest BCUT2D eigenvalue weighted by atomic mass is 9.97. The largest absolute Gasteiger partial charge is 0.342 e. The molecule has 1 aromatic carbocycles. The number of benzene rings is 1. The van der Waals surface area contributed by atoms with Crippen LogP contribution in [0.15, 0.2) is 18.2 Å². The average Bonchev–Trinajstić information content (AvgIpc) is 3.04. The monoisotopic (exact) mass is 428 g/mol. The maximum absolute atomic E-state index is 12.4. The molecule has 0 bridgehead atoms. The predicted octanol–water partition coefficient (Wildman–Crippen LogP) is 4.26. The summed E-state index contributed by atoms with van der Waals surface area (Å²) < 4.78 is 25.3. The number of unbranched alkanes of at least 4 members (excludes halogenated alkanes) is 2. The summed E-state index contributed by atoms with van der Waals surface area (Å²) in [6.07, 6.45) is 4.11. The molecule has 0 radical (unpaired) electrons. The third-order valence-electron chi connectivity index (χ3n) is 4.97. The fourth-order valence-electron chi connectivity index (χ4n) is 3.39. The highest BCUT2D eigenvalue weighted by Crippen LogP contribution is 2.34. The lowest BCUT2D eigenvalue weighted by Gasteiger charge is -2.31. The highest BCUT2D eigenvalue weighted by molar-refractivity contribution is 7.92. The smallest absolute Gasteiger partial charge is 0.237 e. The van der Waals surface area contributed by atoms with Gasteiger partial charge in [-0.05, 0) is 37.5 Å². The minimum absolute atomic E-state index is 0.108. The van der Waals surface area contributed by atoms with Crippen molar-refractivity contribution >= 4 is 48.9 Å². The molecule has 0 aliphatic carbocycles. The molecule has 148 valence electrons. The number of aromatic nitrogens is 1. The molecule has 2 heterocycles. The predicted molar refractivity (Wildman–Crippen MR) is 111 cm³/mol. The number of nitrogens with zero attached hydrogens (tertiary/aromatic N) is 2. The van der Waals surface area contributed by atoms with Gasteiger partial charge in [-0.2, -0.15) is 0 Å². The Kier molecular flexibility index (Phi) is 6.76. The Labute approximate surface area is 169 Å². The molecule has 1 amide bonds. The van der Waals surface area contributed by atoms with Crippen LogP contribution in [0, 0.1) is 0 Å². The van der Waals surface area contributed by atoms with Gasteiger partial charge in [0.15, 0.2) is 9.84 Å². The maximum Gasteiger partial charge on any atom is 0.237 e. The van der Waals surface area contributed by atoms with Crippen molar-refractivity contribution in [1.29, 1.82) is 0 Å². The van der Waals surface area contributed by atoms with Gasteiger partial charge in [0.05, 0.1) is 21.0 Å². The number of amides is 1. The molecule has 1 saturated heterocycles. The molecule has 0 N–H and O–H groups in total.